The molecule has 0 saturated heterocycles. The molecule has 2 N–H and O–H groups in total. The summed E-state index contributed by atoms with van der Waals surface area (Å²) in [4.78, 5) is 20.2. The first kappa shape index (κ1) is 16.0. The molecule has 0 aliphatic carbocycles. The zero-order chi connectivity index (χ0) is 14.4. The summed E-state index contributed by atoms with van der Waals surface area (Å²) >= 11 is 6.24. The number of carbonyl (C=O) groups is 1. The largest absolute Gasteiger partial charge is 0.393 e. The predicted octanol–water partition coefficient (Wildman–Crippen LogP) is 1.04. The molecular weight excluding hydrogens is 264 g/mol. The van der Waals surface area contributed by atoms with Crippen LogP contribution in [-0.4, -0.2) is 61.7 Å². The van der Waals surface area contributed by atoms with Gasteiger partial charge in [-0.2, -0.15) is 0 Å². The number of carbonyl (C=O) groups excluding carboxylic acids is 1. The minimum Gasteiger partial charge on any atom is -0.393 e. The van der Waals surface area contributed by atoms with E-state index in [0.717, 1.165) is 25.9 Å². The van der Waals surface area contributed by atoms with Gasteiger partial charge >= 0.3 is 0 Å². The van der Waals surface area contributed by atoms with Gasteiger partial charge in [0.2, 0.25) is 0 Å². The Hall–Kier alpha value is -1.07. The van der Waals surface area contributed by atoms with E-state index < -0.39 is 0 Å². The summed E-state index contributed by atoms with van der Waals surface area (Å²) in [7, 11) is 3.73. The zero-order valence-electron chi connectivity index (χ0n) is 11.9. The van der Waals surface area contributed by atoms with Crippen LogP contribution in [0, 0.1) is 0 Å². The van der Waals surface area contributed by atoms with Crippen molar-refractivity contribution in [2.24, 2.45) is 10.7 Å². The van der Waals surface area contributed by atoms with Gasteiger partial charge in [-0.05, 0) is 19.9 Å². The summed E-state index contributed by atoms with van der Waals surface area (Å²) in [6, 6.07) is 0. The smallest absolute Gasteiger partial charge is 0.271 e. The number of hydrogen-bond donors (Lipinski definition) is 1. The predicted molar refractivity (Wildman–Crippen MR) is 79.4 cm³/mol. The molecular formula is C13H23ClN4O. The minimum atomic E-state index is -0.235. The Kier molecular flexibility index (Phi) is 6.31. The third-order valence-electron chi connectivity index (χ3n) is 3.05. The van der Waals surface area contributed by atoms with Gasteiger partial charge in [-0.15, -0.1) is 0 Å². The third kappa shape index (κ3) is 4.51. The second-order valence-corrected chi connectivity index (χ2v) is 5.25. The van der Waals surface area contributed by atoms with Crippen LogP contribution in [0.25, 0.3) is 0 Å². The first-order chi connectivity index (χ1) is 8.97. The first-order valence-electron chi connectivity index (χ1n) is 6.60. The highest BCUT2D eigenvalue weighted by Crippen LogP contribution is 2.13. The second kappa shape index (κ2) is 7.50. The van der Waals surface area contributed by atoms with E-state index in [1.807, 2.05) is 14.0 Å². The topological polar surface area (TPSA) is 61.9 Å². The van der Waals surface area contributed by atoms with Crippen molar-refractivity contribution in [3.63, 3.8) is 0 Å². The standard InChI is InChI=1S/C13H23ClN4O/c1-4-7-18(3)13(19)12(15)11(14)10-9-17(2)8-5-6-16-10/h4-9,15H2,1-3H3/b12-11+. The molecule has 0 bridgehead atoms. The van der Waals surface area contributed by atoms with Crippen LogP contribution in [-0.2, 0) is 4.79 Å². The Bertz CT molecular complexity index is 392. The monoisotopic (exact) mass is 286 g/mol. The van der Waals surface area contributed by atoms with Crippen molar-refractivity contribution >= 4 is 23.2 Å². The molecule has 0 saturated carbocycles. The van der Waals surface area contributed by atoms with Crippen LogP contribution in [0.1, 0.15) is 19.8 Å². The lowest BCUT2D eigenvalue weighted by Crippen LogP contribution is -2.34. The van der Waals surface area contributed by atoms with Crippen molar-refractivity contribution in [2.45, 2.75) is 19.8 Å². The molecule has 6 heteroatoms. The average molecular weight is 287 g/mol. The number of nitrogens with two attached hydrogens (primary N) is 1. The summed E-state index contributed by atoms with van der Waals surface area (Å²) in [6.07, 6.45) is 1.88. The third-order valence-corrected chi connectivity index (χ3v) is 3.47. The molecule has 0 fully saturated rings. The molecule has 108 valence electrons. The van der Waals surface area contributed by atoms with Gasteiger partial charge in [-0.1, -0.05) is 18.5 Å². The van der Waals surface area contributed by atoms with Gasteiger partial charge < -0.3 is 15.5 Å². The summed E-state index contributed by atoms with van der Waals surface area (Å²) in [5, 5.41) is 0.293. The van der Waals surface area contributed by atoms with Crippen LogP contribution in [0.5, 0.6) is 0 Å². The highest BCUT2D eigenvalue weighted by atomic mass is 35.5. The van der Waals surface area contributed by atoms with Gasteiger partial charge in [-0.3, -0.25) is 9.79 Å². The Morgan fingerprint density at radius 2 is 2.26 bits per heavy atom. The molecule has 1 aliphatic rings. The molecule has 0 unspecified atom stereocenters. The number of hydrogen-bond acceptors (Lipinski definition) is 4. The van der Waals surface area contributed by atoms with Gasteiger partial charge in [0.1, 0.15) is 5.70 Å². The van der Waals surface area contributed by atoms with E-state index in [4.69, 9.17) is 17.3 Å². The van der Waals surface area contributed by atoms with Crippen molar-refractivity contribution in [1.29, 1.82) is 0 Å². The summed E-state index contributed by atoms with van der Waals surface area (Å²) < 4.78 is 0. The molecule has 0 aromatic carbocycles. The summed E-state index contributed by atoms with van der Waals surface area (Å²) in [5.74, 6) is -0.235. The van der Waals surface area contributed by atoms with E-state index in [1.54, 1.807) is 11.9 Å². The van der Waals surface area contributed by atoms with Crippen LogP contribution in [0.15, 0.2) is 15.7 Å². The number of aliphatic imine (C=N–C) groups is 1. The molecule has 0 spiro atoms. The molecule has 0 atom stereocenters. The van der Waals surface area contributed by atoms with Crippen molar-refractivity contribution in [1.82, 2.24) is 9.80 Å². The van der Waals surface area contributed by atoms with Crippen LogP contribution >= 0.6 is 11.6 Å². The molecule has 1 heterocycles. The molecule has 1 rings (SSSR count). The summed E-state index contributed by atoms with van der Waals surface area (Å²) in [5.41, 5.74) is 6.67. The number of rotatable bonds is 4. The van der Waals surface area contributed by atoms with E-state index in [0.29, 0.717) is 23.8 Å². The SMILES string of the molecule is CCCN(C)C(=O)/C(N)=C(\Cl)C1=NCCCN(C)C1. The van der Waals surface area contributed by atoms with Gasteiger partial charge in [0.05, 0.1) is 10.7 Å². The maximum Gasteiger partial charge on any atom is 0.271 e. The fourth-order valence-corrected chi connectivity index (χ4v) is 2.17. The minimum absolute atomic E-state index is 0.0895. The molecule has 1 amide bonds. The number of amides is 1. The van der Waals surface area contributed by atoms with Crippen molar-refractivity contribution < 1.29 is 4.79 Å². The Morgan fingerprint density at radius 1 is 1.58 bits per heavy atom. The fourth-order valence-electron chi connectivity index (χ4n) is 1.97. The Morgan fingerprint density at radius 3 is 2.89 bits per heavy atom. The van der Waals surface area contributed by atoms with E-state index in [1.165, 1.54) is 0 Å². The van der Waals surface area contributed by atoms with Crippen molar-refractivity contribution in [3.8, 4) is 0 Å². The second-order valence-electron chi connectivity index (χ2n) is 4.87. The van der Waals surface area contributed by atoms with Crippen LogP contribution in [0.2, 0.25) is 0 Å². The highest BCUT2D eigenvalue weighted by molar-refractivity contribution is 6.45. The maximum atomic E-state index is 12.1. The van der Waals surface area contributed by atoms with Crippen molar-refractivity contribution in [2.75, 3.05) is 40.3 Å². The highest BCUT2D eigenvalue weighted by Gasteiger charge is 2.20. The lowest BCUT2D eigenvalue weighted by Gasteiger charge is -2.18. The number of nitrogens with zero attached hydrogens (tertiary/aromatic N) is 3. The molecule has 5 nitrogen and oxygen atoms in total. The number of halogens is 1. The quantitative estimate of drug-likeness (QED) is 0.786. The first-order valence-corrected chi connectivity index (χ1v) is 6.98. The molecule has 0 aromatic heterocycles. The van der Waals surface area contributed by atoms with E-state index in [2.05, 4.69) is 9.89 Å². The van der Waals surface area contributed by atoms with E-state index in [-0.39, 0.29) is 11.6 Å². The van der Waals surface area contributed by atoms with Crippen LogP contribution in [0.3, 0.4) is 0 Å². The van der Waals surface area contributed by atoms with Crippen molar-refractivity contribution in [3.05, 3.63) is 10.7 Å². The molecule has 0 aromatic rings. The normalized spacial score (nSPS) is 18.4. The van der Waals surface area contributed by atoms with E-state index in [9.17, 15) is 4.79 Å². The summed E-state index contributed by atoms with van der Waals surface area (Å²) in [6.45, 7) is 5.00. The average Bonchev–Trinajstić information content (AvgIpc) is 2.61. The van der Waals surface area contributed by atoms with E-state index >= 15 is 0 Å². The lowest BCUT2D eigenvalue weighted by molar-refractivity contribution is -0.126. The Balaban J connectivity index is 2.88. The zero-order valence-corrected chi connectivity index (χ0v) is 12.7. The van der Waals surface area contributed by atoms with Gasteiger partial charge in [0.15, 0.2) is 0 Å². The molecule has 0 radical (unpaired) electrons. The fraction of sp³-hybridized carbons (Fsp3) is 0.692. The number of likely N-dealkylation sites (N-methyl/N-ethyl adjacent to an activating group) is 1. The Labute approximate surface area is 120 Å². The lowest BCUT2D eigenvalue weighted by atomic mass is 10.2. The maximum absolute atomic E-state index is 12.1. The molecule has 19 heavy (non-hydrogen) atoms. The van der Waals surface area contributed by atoms with Gasteiger partial charge in [0, 0.05) is 33.2 Å². The van der Waals surface area contributed by atoms with Gasteiger partial charge in [0.25, 0.3) is 5.91 Å². The van der Waals surface area contributed by atoms with Gasteiger partial charge in [-0.25, -0.2) is 0 Å². The van der Waals surface area contributed by atoms with Crippen LogP contribution < -0.4 is 5.73 Å². The molecule has 1 aliphatic heterocycles. The van der Waals surface area contributed by atoms with Crippen LogP contribution in [0.4, 0.5) is 0 Å².